The lowest BCUT2D eigenvalue weighted by Crippen LogP contribution is -2.36. The fourth-order valence-electron chi connectivity index (χ4n) is 2.11. The predicted octanol–water partition coefficient (Wildman–Crippen LogP) is 2.17. The first kappa shape index (κ1) is 20.1. The van der Waals surface area contributed by atoms with Crippen molar-refractivity contribution in [2.75, 3.05) is 18.4 Å². The SMILES string of the molecule is Cc1cc(C)c(-c2csc(NC(=O)CNC(=O)CN)n2)cc1C.Cl. The Morgan fingerprint density at radius 1 is 1.12 bits per heavy atom. The zero-order chi connectivity index (χ0) is 17.0. The number of amides is 2. The number of hydrogen-bond donors (Lipinski definition) is 3. The molecule has 0 spiro atoms. The highest BCUT2D eigenvalue weighted by molar-refractivity contribution is 7.14. The second kappa shape index (κ2) is 8.77. The van der Waals surface area contributed by atoms with E-state index in [2.05, 4.69) is 41.6 Å². The lowest BCUT2D eigenvalue weighted by molar-refractivity contribution is -0.123. The minimum Gasteiger partial charge on any atom is -0.346 e. The maximum Gasteiger partial charge on any atom is 0.245 e. The average Bonchev–Trinajstić information content (AvgIpc) is 2.96. The summed E-state index contributed by atoms with van der Waals surface area (Å²) in [5, 5.41) is 7.50. The molecule has 0 radical (unpaired) electrons. The van der Waals surface area contributed by atoms with E-state index in [0.717, 1.165) is 16.8 Å². The van der Waals surface area contributed by atoms with Crippen molar-refractivity contribution in [3.05, 3.63) is 34.2 Å². The molecule has 0 aliphatic rings. The number of hydrogen-bond acceptors (Lipinski definition) is 5. The Labute approximate surface area is 151 Å². The monoisotopic (exact) mass is 368 g/mol. The summed E-state index contributed by atoms with van der Waals surface area (Å²) in [6, 6.07) is 4.23. The second-order valence-corrected chi connectivity index (χ2v) is 6.18. The summed E-state index contributed by atoms with van der Waals surface area (Å²) in [6.45, 7) is 5.93. The summed E-state index contributed by atoms with van der Waals surface area (Å²) in [5.41, 5.74) is 10.6. The third-order valence-electron chi connectivity index (χ3n) is 3.50. The van der Waals surface area contributed by atoms with Gasteiger partial charge >= 0.3 is 0 Å². The van der Waals surface area contributed by atoms with Gasteiger partial charge in [0.2, 0.25) is 11.8 Å². The topological polar surface area (TPSA) is 97.1 Å². The van der Waals surface area contributed by atoms with E-state index >= 15 is 0 Å². The van der Waals surface area contributed by atoms with Gasteiger partial charge in [-0.25, -0.2) is 4.98 Å². The van der Waals surface area contributed by atoms with E-state index < -0.39 is 0 Å². The van der Waals surface area contributed by atoms with Crippen molar-refractivity contribution in [2.45, 2.75) is 20.8 Å². The number of carbonyl (C=O) groups excluding carboxylic acids is 2. The number of thiazole rings is 1. The smallest absolute Gasteiger partial charge is 0.245 e. The van der Waals surface area contributed by atoms with Crippen LogP contribution in [0.1, 0.15) is 16.7 Å². The zero-order valence-electron chi connectivity index (χ0n) is 13.8. The van der Waals surface area contributed by atoms with Crippen LogP contribution in [-0.4, -0.2) is 29.9 Å². The maximum atomic E-state index is 11.7. The summed E-state index contributed by atoms with van der Waals surface area (Å²) < 4.78 is 0. The van der Waals surface area contributed by atoms with Crippen molar-refractivity contribution in [3.8, 4) is 11.3 Å². The minimum absolute atomic E-state index is 0. The number of anilines is 1. The van der Waals surface area contributed by atoms with Gasteiger partial charge in [0.1, 0.15) is 0 Å². The second-order valence-electron chi connectivity index (χ2n) is 5.32. The fourth-order valence-corrected chi connectivity index (χ4v) is 2.83. The number of rotatable bonds is 5. The first-order chi connectivity index (χ1) is 10.9. The van der Waals surface area contributed by atoms with Crippen molar-refractivity contribution >= 4 is 40.7 Å². The highest BCUT2D eigenvalue weighted by Gasteiger charge is 2.11. The van der Waals surface area contributed by atoms with E-state index in [1.54, 1.807) is 0 Å². The van der Waals surface area contributed by atoms with E-state index in [9.17, 15) is 9.59 Å². The molecule has 8 heteroatoms. The molecule has 1 aromatic heterocycles. The number of nitrogens with one attached hydrogen (secondary N) is 2. The molecule has 0 aliphatic heterocycles. The van der Waals surface area contributed by atoms with Gasteiger partial charge in [0.05, 0.1) is 18.8 Å². The van der Waals surface area contributed by atoms with Crippen LogP contribution in [0.5, 0.6) is 0 Å². The molecule has 2 rings (SSSR count). The Balaban J connectivity index is 0.00000288. The summed E-state index contributed by atoms with van der Waals surface area (Å²) in [5.74, 6) is -0.699. The number of benzene rings is 1. The van der Waals surface area contributed by atoms with Gasteiger partial charge in [-0.3, -0.25) is 9.59 Å². The average molecular weight is 369 g/mol. The molecule has 1 aromatic carbocycles. The van der Waals surface area contributed by atoms with Gasteiger partial charge in [-0.1, -0.05) is 6.07 Å². The Hall–Kier alpha value is -1.96. The lowest BCUT2D eigenvalue weighted by atomic mass is 9.99. The third-order valence-corrected chi connectivity index (χ3v) is 4.26. The minimum atomic E-state index is -0.370. The largest absolute Gasteiger partial charge is 0.346 e. The zero-order valence-corrected chi connectivity index (χ0v) is 15.4. The number of nitrogens with two attached hydrogens (primary N) is 1. The maximum absolute atomic E-state index is 11.7. The third kappa shape index (κ3) is 5.02. The molecule has 130 valence electrons. The molecule has 0 saturated carbocycles. The molecule has 2 aromatic rings. The molecule has 2 amide bonds. The van der Waals surface area contributed by atoms with Crippen LogP contribution in [0.25, 0.3) is 11.3 Å². The molecule has 0 unspecified atom stereocenters. The summed E-state index contributed by atoms with van der Waals surface area (Å²) in [7, 11) is 0. The van der Waals surface area contributed by atoms with Gasteiger partial charge in [-0.15, -0.1) is 23.7 Å². The first-order valence-electron chi connectivity index (χ1n) is 7.21. The molecule has 6 nitrogen and oxygen atoms in total. The van der Waals surface area contributed by atoms with Crippen LogP contribution in [0.15, 0.2) is 17.5 Å². The van der Waals surface area contributed by atoms with Crippen LogP contribution in [0.2, 0.25) is 0 Å². The molecule has 0 bridgehead atoms. The molecule has 4 N–H and O–H groups in total. The quantitative estimate of drug-likeness (QED) is 0.753. The Morgan fingerprint density at radius 3 is 2.46 bits per heavy atom. The van der Waals surface area contributed by atoms with Gasteiger partial charge in [0, 0.05) is 10.9 Å². The van der Waals surface area contributed by atoms with E-state index in [0.29, 0.717) is 5.13 Å². The Bertz CT molecular complexity index is 746. The number of aromatic nitrogens is 1. The van der Waals surface area contributed by atoms with Crippen LogP contribution in [0, 0.1) is 20.8 Å². The van der Waals surface area contributed by atoms with E-state index in [-0.39, 0.29) is 37.3 Å². The summed E-state index contributed by atoms with van der Waals surface area (Å²) in [6.07, 6.45) is 0. The van der Waals surface area contributed by atoms with Crippen LogP contribution < -0.4 is 16.4 Å². The van der Waals surface area contributed by atoms with Crippen molar-refractivity contribution in [1.82, 2.24) is 10.3 Å². The number of nitrogens with zero attached hydrogens (tertiary/aromatic N) is 1. The van der Waals surface area contributed by atoms with Crippen LogP contribution in [0.4, 0.5) is 5.13 Å². The predicted molar refractivity (Wildman–Crippen MR) is 99.7 cm³/mol. The van der Waals surface area contributed by atoms with Crippen molar-refractivity contribution in [1.29, 1.82) is 0 Å². The Morgan fingerprint density at radius 2 is 1.79 bits per heavy atom. The van der Waals surface area contributed by atoms with E-state index in [4.69, 9.17) is 5.73 Å². The van der Waals surface area contributed by atoms with Crippen molar-refractivity contribution in [3.63, 3.8) is 0 Å². The van der Waals surface area contributed by atoms with Gasteiger partial charge in [-0.05, 0) is 43.5 Å². The molecular formula is C16H21ClN4O2S. The first-order valence-corrected chi connectivity index (χ1v) is 8.09. The van der Waals surface area contributed by atoms with E-state index in [1.165, 1.54) is 22.5 Å². The van der Waals surface area contributed by atoms with Crippen LogP contribution in [0.3, 0.4) is 0 Å². The van der Waals surface area contributed by atoms with Crippen LogP contribution >= 0.6 is 23.7 Å². The van der Waals surface area contributed by atoms with Crippen LogP contribution in [-0.2, 0) is 9.59 Å². The summed E-state index contributed by atoms with van der Waals surface area (Å²) >= 11 is 1.35. The standard InChI is InChI=1S/C16H20N4O2S.ClH/c1-9-4-11(3)12(5-10(9)2)13-8-23-16(19-13)20-15(22)7-18-14(21)6-17;/h4-5,8H,6-7,17H2,1-3H3,(H,18,21)(H,19,20,22);1H. The summed E-state index contributed by atoms with van der Waals surface area (Å²) in [4.78, 5) is 27.2. The van der Waals surface area contributed by atoms with E-state index in [1.807, 2.05) is 12.3 Å². The molecule has 0 saturated heterocycles. The van der Waals surface area contributed by atoms with Gasteiger partial charge in [0.15, 0.2) is 5.13 Å². The molecule has 1 heterocycles. The van der Waals surface area contributed by atoms with Crippen molar-refractivity contribution in [2.24, 2.45) is 5.73 Å². The Kier molecular flexibility index (Phi) is 7.34. The van der Waals surface area contributed by atoms with Gasteiger partial charge in [0.25, 0.3) is 0 Å². The highest BCUT2D eigenvalue weighted by Crippen LogP contribution is 2.29. The number of carbonyl (C=O) groups is 2. The molecule has 0 fully saturated rings. The fraction of sp³-hybridized carbons (Fsp3) is 0.312. The molecular weight excluding hydrogens is 348 g/mol. The normalized spacial score (nSPS) is 10.0. The number of aryl methyl sites for hydroxylation is 3. The van der Waals surface area contributed by atoms with Crippen molar-refractivity contribution < 1.29 is 9.59 Å². The molecule has 0 atom stereocenters. The lowest BCUT2D eigenvalue weighted by Gasteiger charge is -2.07. The van der Waals surface area contributed by atoms with Gasteiger partial charge in [-0.2, -0.15) is 0 Å². The van der Waals surface area contributed by atoms with Gasteiger partial charge < -0.3 is 16.4 Å². The molecule has 0 aliphatic carbocycles. The molecule has 24 heavy (non-hydrogen) atoms. The highest BCUT2D eigenvalue weighted by atomic mass is 35.5. The number of halogens is 1.